The number of rotatable bonds is 2. The molecule has 0 spiro atoms. The number of carbonyl (C=O) groups is 3. The Morgan fingerprint density at radius 2 is 1.82 bits per heavy atom. The van der Waals surface area contributed by atoms with Crippen LogP contribution in [0.15, 0.2) is 29.0 Å². The standard InChI is InChI=1S/C22H23ClN2O9/c1-21(32)7-6-8-19(25(2)3)34-20(31)13(18(24)30)17(29)22(8,33)16(28)11(7)15(27)12-10(26)5-4-9(23)14(12)21/h4-5,7-8,19,26-27,29,32-33H,6H2,1-3H3,(H2,24,30)/t7-,8-,19?,21-,22-/m0/s1. The number of hydrogen-bond donors (Lipinski definition) is 6. The number of ketones is 1. The molecule has 1 aromatic carbocycles. The molecule has 4 rings (SSSR count). The summed E-state index contributed by atoms with van der Waals surface area (Å²) in [7, 11) is 2.95. The number of nitrogens with zero attached hydrogens (tertiary/aromatic N) is 1. The van der Waals surface area contributed by atoms with Crippen molar-refractivity contribution in [1.29, 1.82) is 0 Å². The number of cyclic esters (lactones) is 1. The van der Waals surface area contributed by atoms with E-state index in [4.69, 9.17) is 22.1 Å². The Morgan fingerprint density at radius 1 is 1.21 bits per heavy atom. The monoisotopic (exact) mass is 494 g/mol. The van der Waals surface area contributed by atoms with E-state index >= 15 is 0 Å². The number of carbonyl (C=O) groups excluding carboxylic acids is 3. The maximum atomic E-state index is 13.8. The number of phenolic OH excluding ortho intramolecular Hbond substituents is 1. The second kappa shape index (κ2) is 7.44. The summed E-state index contributed by atoms with van der Waals surface area (Å²) in [4.78, 5) is 39.7. The Kier molecular flexibility index (Phi) is 5.26. The molecule has 1 saturated carbocycles. The van der Waals surface area contributed by atoms with Crippen molar-refractivity contribution in [2.45, 2.75) is 30.8 Å². The molecule has 1 aliphatic heterocycles. The number of aliphatic hydroxyl groups is 4. The number of benzene rings is 1. The van der Waals surface area contributed by atoms with Gasteiger partial charge in [0.2, 0.25) is 5.78 Å². The SMILES string of the molecule is CN(C)C1OC(=O)C(C(N)=O)=C(O)[C@@]2(O)C(=O)C3=C(O)c4c(O)ccc(Cl)c4[C@@](C)(O)[C@H]3C[C@@H]12. The van der Waals surface area contributed by atoms with Crippen LogP contribution in [0.4, 0.5) is 0 Å². The Hall–Kier alpha value is -3.12. The van der Waals surface area contributed by atoms with E-state index in [2.05, 4.69) is 0 Å². The third kappa shape index (κ3) is 2.91. The molecule has 12 heteroatoms. The lowest BCUT2D eigenvalue weighted by atomic mass is 9.57. The summed E-state index contributed by atoms with van der Waals surface area (Å²) in [6, 6.07) is 2.47. The van der Waals surface area contributed by atoms with Crippen molar-refractivity contribution >= 4 is 35.0 Å². The zero-order valence-electron chi connectivity index (χ0n) is 18.4. The van der Waals surface area contributed by atoms with Gasteiger partial charge in [-0.15, -0.1) is 0 Å². The molecule has 0 aromatic heterocycles. The van der Waals surface area contributed by atoms with Gasteiger partial charge in [-0.25, -0.2) is 4.79 Å². The lowest BCUT2D eigenvalue weighted by Gasteiger charge is -2.50. The molecular formula is C22H23ClN2O9. The van der Waals surface area contributed by atoms with Crippen LogP contribution in [0.2, 0.25) is 5.02 Å². The fourth-order valence-corrected chi connectivity index (χ4v) is 5.64. The van der Waals surface area contributed by atoms with Gasteiger partial charge in [-0.1, -0.05) is 11.6 Å². The van der Waals surface area contributed by atoms with E-state index in [9.17, 15) is 39.9 Å². The molecule has 0 saturated heterocycles. The van der Waals surface area contributed by atoms with E-state index in [-0.39, 0.29) is 22.6 Å². The topological polar surface area (TPSA) is 191 Å². The number of aromatic hydroxyl groups is 1. The summed E-state index contributed by atoms with van der Waals surface area (Å²) in [5.41, 5.74) is -1.63. The number of esters is 1. The number of amides is 1. The number of hydrogen-bond acceptors (Lipinski definition) is 10. The normalized spacial score (nSPS) is 33.2. The zero-order chi connectivity index (χ0) is 25.5. The molecule has 1 amide bonds. The second-order valence-corrected chi connectivity index (χ2v) is 9.47. The van der Waals surface area contributed by atoms with Gasteiger partial charge in [0.15, 0.2) is 23.2 Å². The first-order valence-electron chi connectivity index (χ1n) is 10.2. The summed E-state index contributed by atoms with van der Waals surface area (Å²) >= 11 is 6.28. The number of ether oxygens (including phenoxy) is 1. The fourth-order valence-electron chi connectivity index (χ4n) is 5.29. The van der Waals surface area contributed by atoms with Crippen molar-refractivity contribution in [3.8, 4) is 5.75 Å². The molecule has 1 unspecified atom stereocenters. The lowest BCUT2D eigenvalue weighted by Crippen LogP contribution is -2.62. The van der Waals surface area contributed by atoms with Gasteiger partial charge in [0.1, 0.15) is 11.5 Å². The Labute approximate surface area is 198 Å². The number of nitrogens with two attached hydrogens (primary N) is 1. The second-order valence-electron chi connectivity index (χ2n) is 9.06. The minimum absolute atomic E-state index is 0.00638. The molecule has 182 valence electrons. The summed E-state index contributed by atoms with van der Waals surface area (Å²) in [6.45, 7) is 1.32. The van der Waals surface area contributed by atoms with E-state index in [1.807, 2.05) is 0 Å². The van der Waals surface area contributed by atoms with Gasteiger partial charge in [0.25, 0.3) is 5.91 Å². The number of fused-ring (bicyclic) bond motifs is 3. The molecule has 2 aliphatic carbocycles. The van der Waals surface area contributed by atoms with Gasteiger partial charge in [-0.3, -0.25) is 14.5 Å². The summed E-state index contributed by atoms with van der Waals surface area (Å²) in [6.07, 6.45) is -1.66. The summed E-state index contributed by atoms with van der Waals surface area (Å²) in [5, 5.41) is 55.5. The van der Waals surface area contributed by atoms with Crippen LogP contribution in [0.25, 0.3) is 5.76 Å². The van der Waals surface area contributed by atoms with E-state index in [0.29, 0.717) is 0 Å². The Bertz CT molecular complexity index is 1220. The van der Waals surface area contributed by atoms with Gasteiger partial charge in [0.05, 0.1) is 17.1 Å². The summed E-state index contributed by atoms with van der Waals surface area (Å²) in [5.74, 6) is -9.27. The number of phenols is 1. The molecule has 3 aliphatic rings. The van der Waals surface area contributed by atoms with Gasteiger partial charge in [0, 0.05) is 22.1 Å². The Balaban J connectivity index is 2.08. The number of aliphatic hydroxyl groups excluding tert-OH is 2. The van der Waals surface area contributed by atoms with E-state index < -0.39 is 75.3 Å². The van der Waals surface area contributed by atoms with Crippen molar-refractivity contribution < 1.29 is 44.7 Å². The maximum Gasteiger partial charge on any atom is 0.348 e. The molecule has 34 heavy (non-hydrogen) atoms. The van der Waals surface area contributed by atoms with Gasteiger partial charge in [-0.05, 0) is 39.6 Å². The molecule has 1 heterocycles. The highest BCUT2D eigenvalue weighted by Gasteiger charge is 2.65. The third-order valence-corrected chi connectivity index (χ3v) is 7.22. The first-order chi connectivity index (χ1) is 15.7. The van der Waals surface area contributed by atoms with Crippen molar-refractivity contribution in [2.75, 3.05) is 14.1 Å². The highest BCUT2D eigenvalue weighted by molar-refractivity contribution is 6.32. The van der Waals surface area contributed by atoms with E-state index in [1.54, 1.807) is 0 Å². The average Bonchev–Trinajstić information content (AvgIpc) is 2.81. The van der Waals surface area contributed by atoms with Crippen LogP contribution in [-0.2, 0) is 24.7 Å². The van der Waals surface area contributed by atoms with Crippen LogP contribution in [0.1, 0.15) is 24.5 Å². The van der Waals surface area contributed by atoms with Crippen LogP contribution in [0.5, 0.6) is 5.75 Å². The predicted octanol–water partition coefficient (Wildman–Crippen LogP) is 0.214. The van der Waals surface area contributed by atoms with Crippen LogP contribution < -0.4 is 5.73 Å². The third-order valence-electron chi connectivity index (χ3n) is 6.90. The van der Waals surface area contributed by atoms with E-state index in [1.165, 1.54) is 32.0 Å². The zero-order valence-corrected chi connectivity index (χ0v) is 19.1. The molecule has 5 atom stereocenters. The first-order valence-corrected chi connectivity index (χ1v) is 10.6. The molecule has 0 bridgehead atoms. The largest absolute Gasteiger partial charge is 0.508 e. The van der Waals surface area contributed by atoms with Crippen molar-refractivity contribution in [2.24, 2.45) is 17.6 Å². The molecule has 11 nitrogen and oxygen atoms in total. The maximum absolute atomic E-state index is 13.8. The first kappa shape index (κ1) is 24.0. The van der Waals surface area contributed by atoms with Gasteiger partial charge >= 0.3 is 5.97 Å². The highest BCUT2D eigenvalue weighted by Crippen LogP contribution is 2.57. The Morgan fingerprint density at radius 3 is 2.38 bits per heavy atom. The summed E-state index contributed by atoms with van der Waals surface area (Å²) < 4.78 is 5.32. The van der Waals surface area contributed by atoms with Crippen LogP contribution in [0.3, 0.4) is 0 Å². The minimum atomic E-state index is -2.92. The van der Waals surface area contributed by atoms with Crippen LogP contribution in [-0.4, -0.2) is 74.0 Å². The van der Waals surface area contributed by atoms with Crippen molar-refractivity contribution in [3.63, 3.8) is 0 Å². The number of halogens is 1. The average molecular weight is 495 g/mol. The fraction of sp³-hybridized carbons (Fsp3) is 0.409. The molecular weight excluding hydrogens is 472 g/mol. The lowest BCUT2D eigenvalue weighted by molar-refractivity contribution is -0.179. The minimum Gasteiger partial charge on any atom is -0.508 e. The molecule has 1 aromatic rings. The molecule has 7 N–H and O–H groups in total. The predicted molar refractivity (Wildman–Crippen MR) is 116 cm³/mol. The van der Waals surface area contributed by atoms with E-state index in [0.717, 1.165) is 6.07 Å². The highest BCUT2D eigenvalue weighted by atomic mass is 35.5. The number of primary amides is 1. The van der Waals surface area contributed by atoms with Crippen molar-refractivity contribution in [1.82, 2.24) is 4.90 Å². The molecule has 0 radical (unpaired) electrons. The molecule has 1 fully saturated rings. The smallest absolute Gasteiger partial charge is 0.348 e. The van der Waals surface area contributed by atoms with Crippen LogP contribution >= 0.6 is 11.6 Å². The van der Waals surface area contributed by atoms with Gasteiger partial charge < -0.3 is 36.0 Å². The van der Waals surface area contributed by atoms with Gasteiger partial charge in [-0.2, -0.15) is 0 Å². The number of Topliss-reactive ketones (excluding diaryl/α,β-unsaturated/α-hetero) is 1. The van der Waals surface area contributed by atoms with Crippen molar-refractivity contribution in [3.05, 3.63) is 45.2 Å². The quantitative estimate of drug-likeness (QED) is 0.245. The van der Waals surface area contributed by atoms with Crippen LogP contribution in [0, 0.1) is 11.8 Å².